The highest BCUT2D eigenvalue weighted by Gasteiger charge is 2.09. The number of nitrogens with two attached hydrogens (primary N) is 1. The molecule has 20 heavy (non-hydrogen) atoms. The number of hydrogen-bond donors (Lipinski definition) is 1. The highest BCUT2D eigenvalue weighted by atomic mass is 79.9. The van der Waals surface area contributed by atoms with E-state index in [-0.39, 0.29) is 6.04 Å². The van der Waals surface area contributed by atoms with Gasteiger partial charge in [0.05, 0.1) is 0 Å². The Morgan fingerprint density at radius 2 is 1.90 bits per heavy atom. The first-order valence-electron chi connectivity index (χ1n) is 6.71. The third-order valence-corrected chi connectivity index (χ3v) is 3.85. The van der Waals surface area contributed by atoms with Crippen molar-refractivity contribution in [1.82, 2.24) is 0 Å². The van der Waals surface area contributed by atoms with Crippen LogP contribution in [0, 0.1) is 13.8 Å². The fourth-order valence-corrected chi connectivity index (χ4v) is 2.46. The molecule has 3 heteroatoms. The van der Waals surface area contributed by atoms with Gasteiger partial charge in [0.2, 0.25) is 0 Å². The smallest absolute Gasteiger partial charge is 0.125 e. The fraction of sp³-hybridized carbons (Fsp3) is 0.294. The molecular formula is C17H20BrNO. The third-order valence-electron chi connectivity index (χ3n) is 3.35. The molecule has 0 spiro atoms. The minimum atomic E-state index is -0.0447. The Morgan fingerprint density at radius 3 is 2.60 bits per heavy atom. The zero-order chi connectivity index (χ0) is 14.7. The van der Waals surface area contributed by atoms with Gasteiger partial charge in [-0.25, -0.2) is 0 Å². The van der Waals surface area contributed by atoms with Crippen molar-refractivity contribution in [3.8, 4) is 5.75 Å². The van der Waals surface area contributed by atoms with Crippen LogP contribution in [0.15, 0.2) is 40.9 Å². The first-order chi connectivity index (χ1) is 9.47. The van der Waals surface area contributed by atoms with Gasteiger partial charge in [-0.3, -0.25) is 0 Å². The molecule has 0 aliphatic heterocycles. The normalized spacial score (nSPS) is 12.2. The van der Waals surface area contributed by atoms with Crippen molar-refractivity contribution in [2.24, 2.45) is 5.73 Å². The van der Waals surface area contributed by atoms with E-state index >= 15 is 0 Å². The predicted molar refractivity (Wildman–Crippen MR) is 87.0 cm³/mol. The number of ether oxygens (including phenoxy) is 1. The maximum Gasteiger partial charge on any atom is 0.125 e. The molecule has 0 aliphatic carbocycles. The molecule has 2 rings (SSSR count). The zero-order valence-corrected chi connectivity index (χ0v) is 13.7. The first kappa shape index (κ1) is 15.1. The van der Waals surface area contributed by atoms with Crippen LogP contribution in [0.3, 0.4) is 0 Å². The van der Waals surface area contributed by atoms with Crippen molar-refractivity contribution in [2.75, 3.05) is 0 Å². The molecule has 0 saturated carbocycles. The second-order valence-electron chi connectivity index (χ2n) is 5.19. The van der Waals surface area contributed by atoms with Crippen LogP contribution in [0.4, 0.5) is 0 Å². The van der Waals surface area contributed by atoms with Gasteiger partial charge in [-0.05, 0) is 44.0 Å². The van der Waals surface area contributed by atoms with Crippen LogP contribution in [0.2, 0.25) is 0 Å². The van der Waals surface area contributed by atoms with Crippen molar-refractivity contribution in [3.05, 3.63) is 63.1 Å². The summed E-state index contributed by atoms with van der Waals surface area (Å²) in [6.45, 7) is 6.72. The quantitative estimate of drug-likeness (QED) is 0.882. The molecule has 2 nitrogen and oxygen atoms in total. The van der Waals surface area contributed by atoms with Crippen LogP contribution in [-0.4, -0.2) is 0 Å². The molecule has 0 aromatic heterocycles. The van der Waals surface area contributed by atoms with E-state index in [0.717, 1.165) is 15.8 Å². The summed E-state index contributed by atoms with van der Waals surface area (Å²) in [6.07, 6.45) is 0. The van der Waals surface area contributed by atoms with Gasteiger partial charge in [-0.1, -0.05) is 45.8 Å². The van der Waals surface area contributed by atoms with Gasteiger partial charge in [0, 0.05) is 16.1 Å². The Labute approximate surface area is 129 Å². The Kier molecular flexibility index (Phi) is 4.84. The molecule has 0 radical (unpaired) electrons. The van der Waals surface area contributed by atoms with Crippen molar-refractivity contribution in [3.63, 3.8) is 0 Å². The van der Waals surface area contributed by atoms with Gasteiger partial charge >= 0.3 is 0 Å². The average molecular weight is 334 g/mol. The molecule has 0 amide bonds. The Balaban J connectivity index is 2.22. The van der Waals surface area contributed by atoms with Gasteiger partial charge in [0.1, 0.15) is 12.4 Å². The minimum Gasteiger partial charge on any atom is -0.489 e. The Morgan fingerprint density at radius 1 is 1.15 bits per heavy atom. The summed E-state index contributed by atoms with van der Waals surface area (Å²) in [5.74, 6) is 0.843. The summed E-state index contributed by atoms with van der Waals surface area (Å²) in [5.41, 5.74) is 10.7. The highest BCUT2D eigenvalue weighted by molar-refractivity contribution is 9.10. The number of rotatable bonds is 4. The molecule has 2 aromatic carbocycles. The van der Waals surface area contributed by atoms with Crippen LogP contribution in [0.5, 0.6) is 5.75 Å². The summed E-state index contributed by atoms with van der Waals surface area (Å²) >= 11 is 3.48. The lowest BCUT2D eigenvalue weighted by atomic mass is 10.1. The molecule has 0 unspecified atom stereocenters. The van der Waals surface area contributed by atoms with E-state index in [1.807, 2.05) is 25.1 Å². The highest BCUT2D eigenvalue weighted by Crippen LogP contribution is 2.28. The number of hydrogen-bond acceptors (Lipinski definition) is 2. The number of aryl methyl sites for hydroxylation is 2. The maximum atomic E-state index is 5.99. The van der Waals surface area contributed by atoms with Crippen LogP contribution in [0.25, 0.3) is 0 Å². The van der Waals surface area contributed by atoms with E-state index in [4.69, 9.17) is 10.5 Å². The largest absolute Gasteiger partial charge is 0.489 e. The summed E-state index contributed by atoms with van der Waals surface area (Å²) in [5, 5.41) is 0. The standard InChI is InChI=1S/C17H20BrNO/c1-11-4-5-12(2)14(8-11)10-20-17-9-15(18)6-7-16(17)13(3)19/h4-9,13H,10,19H2,1-3H3/t13-/m0/s1. The molecule has 0 saturated heterocycles. The van der Waals surface area contributed by atoms with Gasteiger partial charge < -0.3 is 10.5 Å². The van der Waals surface area contributed by atoms with Crippen LogP contribution in [0.1, 0.15) is 35.2 Å². The predicted octanol–water partition coefficient (Wildman–Crippen LogP) is 4.66. The van der Waals surface area contributed by atoms with Crippen LogP contribution < -0.4 is 10.5 Å². The summed E-state index contributed by atoms with van der Waals surface area (Å²) in [6, 6.07) is 12.3. The number of halogens is 1. The van der Waals surface area contributed by atoms with Gasteiger partial charge in [-0.15, -0.1) is 0 Å². The number of benzene rings is 2. The summed E-state index contributed by atoms with van der Waals surface area (Å²) < 4.78 is 6.99. The Bertz CT molecular complexity index is 608. The van der Waals surface area contributed by atoms with E-state index < -0.39 is 0 Å². The third kappa shape index (κ3) is 3.62. The van der Waals surface area contributed by atoms with E-state index in [0.29, 0.717) is 6.61 Å². The second-order valence-corrected chi connectivity index (χ2v) is 6.11. The second kappa shape index (κ2) is 6.42. The summed E-state index contributed by atoms with van der Waals surface area (Å²) in [4.78, 5) is 0. The van der Waals surface area contributed by atoms with Crippen molar-refractivity contribution < 1.29 is 4.74 Å². The maximum absolute atomic E-state index is 5.99. The average Bonchev–Trinajstić information content (AvgIpc) is 2.39. The van der Waals surface area contributed by atoms with E-state index in [9.17, 15) is 0 Å². The van der Waals surface area contributed by atoms with Crippen molar-refractivity contribution in [2.45, 2.75) is 33.4 Å². The van der Waals surface area contributed by atoms with Crippen LogP contribution >= 0.6 is 15.9 Å². The van der Waals surface area contributed by atoms with E-state index in [1.165, 1.54) is 16.7 Å². The summed E-state index contributed by atoms with van der Waals surface area (Å²) in [7, 11) is 0. The van der Waals surface area contributed by atoms with Crippen molar-refractivity contribution >= 4 is 15.9 Å². The Hall–Kier alpha value is -1.32. The molecule has 106 valence electrons. The van der Waals surface area contributed by atoms with Crippen LogP contribution in [-0.2, 0) is 6.61 Å². The fourth-order valence-electron chi connectivity index (χ4n) is 2.12. The molecule has 0 fully saturated rings. The van der Waals surface area contributed by atoms with Gasteiger partial charge in [0.15, 0.2) is 0 Å². The van der Waals surface area contributed by atoms with E-state index in [1.54, 1.807) is 0 Å². The first-order valence-corrected chi connectivity index (χ1v) is 7.50. The molecule has 2 N–H and O–H groups in total. The molecule has 2 aromatic rings. The lowest BCUT2D eigenvalue weighted by molar-refractivity contribution is 0.300. The van der Waals surface area contributed by atoms with Gasteiger partial charge in [0.25, 0.3) is 0 Å². The van der Waals surface area contributed by atoms with Gasteiger partial charge in [-0.2, -0.15) is 0 Å². The monoisotopic (exact) mass is 333 g/mol. The lowest BCUT2D eigenvalue weighted by Crippen LogP contribution is -2.08. The zero-order valence-electron chi connectivity index (χ0n) is 12.1. The van der Waals surface area contributed by atoms with E-state index in [2.05, 4.69) is 48.0 Å². The topological polar surface area (TPSA) is 35.2 Å². The SMILES string of the molecule is Cc1ccc(C)c(COc2cc(Br)ccc2[C@H](C)N)c1. The molecule has 0 bridgehead atoms. The molecule has 0 aliphatic rings. The molecule has 1 atom stereocenters. The minimum absolute atomic E-state index is 0.0447. The lowest BCUT2D eigenvalue weighted by Gasteiger charge is -2.15. The van der Waals surface area contributed by atoms with Crippen molar-refractivity contribution in [1.29, 1.82) is 0 Å². The molecular weight excluding hydrogens is 314 g/mol. The molecule has 0 heterocycles.